The summed E-state index contributed by atoms with van der Waals surface area (Å²) in [5.74, 6) is -2.62. The van der Waals surface area contributed by atoms with Gasteiger partial charge in [0, 0.05) is 32.8 Å². The van der Waals surface area contributed by atoms with Crippen LogP contribution in [0.2, 0.25) is 0 Å². The molecule has 0 amide bonds. The van der Waals surface area contributed by atoms with Crippen molar-refractivity contribution in [3.8, 4) is 0 Å². The Morgan fingerprint density at radius 3 is 2.88 bits per heavy atom. The van der Waals surface area contributed by atoms with Gasteiger partial charge in [0.15, 0.2) is 0 Å². The van der Waals surface area contributed by atoms with Crippen molar-refractivity contribution < 1.29 is 8.78 Å². The molecule has 16 heavy (non-hydrogen) atoms. The van der Waals surface area contributed by atoms with Gasteiger partial charge in [-0.1, -0.05) is 0 Å². The van der Waals surface area contributed by atoms with Gasteiger partial charge in [-0.15, -0.1) is 0 Å². The van der Waals surface area contributed by atoms with Crippen LogP contribution >= 0.6 is 0 Å². The molecular weight excluding hydrogens is 214 g/mol. The van der Waals surface area contributed by atoms with Crippen LogP contribution in [-0.4, -0.2) is 41.9 Å². The van der Waals surface area contributed by atoms with Crippen LogP contribution in [0.25, 0.3) is 0 Å². The molecule has 90 valence electrons. The summed E-state index contributed by atoms with van der Waals surface area (Å²) in [7, 11) is 3.39. The zero-order valence-corrected chi connectivity index (χ0v) is 9.45. The Morgan fingerprint density at radius 1 is 1.56 bits per heavy atom. The molecule has 0 bridgehead atoms. The Hall–Kier alpha value is -1.17. The molecule has 1 saturated heterocycles. The summed E-state index contributed by atoms with van der Waals surface area (Å²) >= 11 is 0. The molecule has 1 aliphatic rings. The lowest BCUT2D eigenvalue weighted by Gasteiger charge is -2.38. The Balaban J connectivity index is 2.10. The number of alkyl halides is 2. The van der Waals surface area contributed by atoms with Gasteiger partial charge in [-0.2, -0.15) is 5.10 Å². The van der Waals surface area contributed by atoms with Crippen molar-refractivity contribution in [2.24, 2.45) is 7.05 Å². The maximum absolute atomic E-state index is 13.5. The third-order valence-corrected chi connectivity index (χ3v) is 3.03. The van der Waals surface area contributed by atoms with Gasteiger partial charge in [-0.3, -0.25) is 4.68 Å². The zero-order chi connectivity index (χ0) is 11.8. The second-order valence-corrected chi connectivity index (χ2v) is 4.17. The highest BCUT2D eigenvalue weighted by Gasteiger charge is 2.43. The molecule has 1 atom stereocenters. The molecule has 2 heterocycles. The minimum atomic E-state index is -2.62. The first-order valence-corrected chi connectivity index (χ1v) is 5.31. The van der Waals surface area contributed by atoms with Crippen molar-refractivity contribution >= 4 is 5.69 Å². The number of rotatable bonds is 2. The molecule has 0 radical (unpaired) electrons. The molecule has 1 aromatic rings. The van der Waals surface area contributed by atoms with Crippen molar-refractivity contribution in [3.63, 3.8) is 0 Å². The second kappa shape index (κ2) is 4.01. The maximum Gasteiger partial charge on any atom is 0.266 e. The molecule has 0 spiro atoms. The van der Waals surface area contributed by atoms with Crippen molar-refractivity contribution in [1.29, 1.82) is 0 Å². The normalized spacial score (nSPS) is 24.8. The monoisotopic (exact) mass is 230 g/mol. The van der Waals surface area contributed by atoms with Crippen LogP contribution in [0.1, 0.15) is 6.42 Å². The summed E-state index contributed by atoms with van der Waals surface area (Å²) in [4.78, 5) is 1.94. The van der Waals surface area contributed by atoms with Crippen molar-refractivity contribution in [2.75, 3.05) is 25.0 Å². The van der Waals surface area contributed by atoms with Crippen LogP contribution < -0.4 is 10.2 Å². The van der Waals surface area contributed by atoms with Gasteiger partial charge >= 0.3 is 0 Å². The number of aromatic nitrogens is 2. The summed E-state index contributed by atoms with van der Waals surface area (Å²) in [6.07, 6.45) is 3.43. The van der Waals surface area contributed by atoms with Crippen molar-refractivity contribution in [3.05, 3.63) is 12.4 Å². The maximum atomic E-state index is 13.5. The summed E-state index contributed by atoms with van der Waals surface area (Å²) in [6.45, 7) is 0.687. The van der Waals surface area contributed by atoms with Gasteiger partial charge in [0.25, 0.3) is 5.92 Å². The van der Waals surface area contributed by atoms with E-state index in [-0.39, 0.29) is 6.42 Å². The third kappa shape index (κ3) is 2.02. The number of nitrogens with one attached hydrogen (secondary N) is 1. The molecule has 0 aliphatic carbocycles. The third-order valence-electron chi connectivity index (χ3n) is 3.03. The van der Waals surface area contributed by atoms with E-state index >= 15 is 0 Å². The Bertz CT molecular complexity index is 363. The summed E-state index contributed by atoms with van der Waals surface area (Å²) in [5.41, 5.74) is 0.901. The first-order valence-electron chi connectivity index (χ1n) is 5.31. The number of anilines is 1. The van der Waals surface area contributed by atoms with E-state index in [2.05, 4.69) is 10.4 Å². The fraction of sp³-hybridized carbons (Fsp3) is 0.700. The quantitative estimate of drug-likeness (QED) is 0.817. The van der Waals surface area contributed by atoms with Crippen LogP contribution in [0.3, 0.4) is 0 Å². The van der Waals surface area contributed by atoms with Crippen LogP contribution in [0.15, 0.2) is 12.4 Å². The summed E-state index contributed by atoms with van der Waals surface area (Å²) < 4.78 is 28.6. The first-order chi connectivity index (χ1) is 7.53. The van der Waals surface area contributed by atoms with Gasteiger partial charge in [-0.25, -0.2) is 8.78 Å². The van der Waals surface area contributed by atoms with Crippen LogP contribution in [0.4, 0.5) is 14.5 Å². The predicted molar refractivity (Wildman–Crippen MR) is 57.8 cm³/mol. The molecule has 1 aliphatic heterocycles. The van der Waals surface area contributed by atoms with Gasteiger partial charge < -0.3 is 10.2 Å². The zero-order valence-electron chi connectivity index (χ0n) is 9.45. The van der Waals surface area contributed by atoms with Crippen molar-refractivity contribution in [2.45, 2.75) is 18.4 Å². The first kappa shape index (κ1) is 11.3. The van der Waals surface area contributed by atoms with E-state index in [9.17, 15) is 8.78 Å². The van der Waals surface area contributed by atoms with E-state index in [0.717, 1.165) is 5.69 Å². The fourth-order valence-electron chi connectivity index (χ4n) is 2.01. The Kier molecular flexibility index (Phi) is 2.84. The molecule has 2 rings (SSSR count). The summed E-state index contributed by atoms with van der Waals surface area (Å²) in [6, 6.07) is -0.790. The van der Waals surface area contributed by atoms with E-state index in [1.807, 2.05) is 18.1 Å². The molecular formula is C10H16F2N4. The largest absolute Gasteiger partial charge is 0.367 e. The lowest BCUT2D eigenvalue weighted by atomic mass is 10.0. The fourth-order valence-corrected chi connectivity index (χ4v) is 2.01. The number of aryl methyl sites for hydroxylation is 1. The highest BCUT2D eigenvalue weighted by Crippen LogP contribution is 2.30. The molecule has 1 aromatic heterocycles. The number of piperidine rings is 1. The number of hydrogen-bond donors (Lipinski definition) is 1. The van der Waals surface area contributed by atoms with Gasteiger partial charge in [-0.05, 0) is 7.05 Å². The average Bonchev–Trinajstić information content (AvgIpc) is 2.64. The minimum absolute atomic E-state index is 0.118. The average molecular weight is 230 g/mol. The van der Waals surface area contributed by atoms with Crippen molar-refractivity contribution in [1.82, 2.24) is 15.1 Å². The molecule has 0 aromatic carbocycles. The Morgan fingerprint density at radius 2 is 2.31 bits per heavy atom. The number of hydrogen-bond acceptors (Lipinski definition) is 3. The molecule has 1 fully saturated rings. The molecule has 6 heteroatoms. The van der Waals surface area contributed by atoms with E-state index in [1.54, 1.807) is 17.9 Å². The van der Waals surface area contributed by atoms with Crippen LogP contribution in [0.5, 0.6) is 0 Å². The SMILES string of the molecule is CNC1CN(c2cnn(C)c2)CCC1(F)F. The number of halogens is 2. The summed E-state index contributed by atoms with van der Waals surface area (Å²) in [5, 5.41) is 6.73. The van der Waals surface area contributed by atoms with Crippen LogP contribution in [0, 0.1) is 0 Å². The van der Waals surface area contributed by atoms with E-state index in [0.29, 0.717) is 13.1 Å². The second-order valence-electron chi connectivity index (χ2n) is 4.17. The van der Waals surface area contributed by atoms with Crippen LogP contribution in [-0.2, 0) is 7.05 Å². The molecule has 0 saturated carbocycles. The lowest BCUT2D eigenvalue weighted by molar-refractivity contribution is -0.0489. The lowest BCUT2D eigenvalue weighted by Crippen LogP contribution is -2.56. The van der Waals surface area contributed by atoms with E-state index in [4.69, 9.17) is 0 Å². The minimum Gasteiger partial charge on any atom is -0.367 e. The predicted octanol–water partition coefficient (Wildman–Crippen LogP) is 0.853. The van der Waals surface area contributed by atoms with Gasteiger partial charge in [0.05, 0.1) is 17.9 Å². The standard InChI is InChI=1S/C10H16F2N4/c1-13-9-7-16(4-3-10(9,11)12)8-5-14-15(2)6-8/h5-6,9,13H,3-4,7H2,1-2H3. The molecule has 1 unspecified atom stereocenters. The Labute approximate surface area is 93.2 Å². The smallest absolute Gasteiger partial charge is 0.266 e. The topological polar surface area (TPSA) is 33.1 Å². The van der Waals surface area contributed by atoms with Gasteiger partial charge in [0.1, 0.15) is 0 Å². The number of nitrogens with zero attached hydrogens (tertiary/aromatic N) is 3. The van der Waals surface area contributed by atoms with E-state index < -0.39 is 12.0 Å². The van der Waals surface area contributed by atoms with Gasteiger partial charge in [0.2, 0.25) is 0 Å². The molecule has 4 nitrogen and oxygen atoms in total. The number of likely N-dealkylation sites (N-methyl/N-ethyl adjacent to an activating group) is 1. The highest BCUT2D eigenvalue weighted by molar-refractivity contribution is 5.43. The van der Waals surface area contributed by atoms with E-state index in [1.165, 1.54) is 0 Å². The molecule has 1 N–H and O–H groups in total. The highest BCUT2D eigenvalue weighted by atomic mass is 19.3.